The quantitative estimate of drug-likeness (QED) is 0.643. The third-order valence-corrected chi connectivity index (χ3v) is 3.95. The third-order valence-electron chi connectivity index (χ3n) is 2.48. The molecule has 2 unspecified atom stereocenters. The first-order chi connectivity index (χ1) is 6.24. The summed E-state index contributed by atoms with van der Waals surface area (Å²) in [4.78, 5) is 0. The smallest absolute Gasteiger partial charge is 0.0359 e. The highest BCUT2D eigenvalue weighted by molar-refractivity contribution is 7.07. The number of rotatable bonds is 5. The SMILES string of the molecule is CCC(Cl)C(C)CCc1ccsc1. The molecule has 0 nitrogen and oxygen atoms in total. The predicted octanol–water partition coefficient (Wildman–Crippen LogP) is 4.33. The van der Waals surface area contributed by atoms with Crippen molar-refractivity contribution in [2.75, 3.05) is 0 Å². The van der Waals surface area contributed by atoms with Crippen LogP contribution < -0.4 is 0 Å². The molecule has 0 aromatic carbocycles. The monoisotopic (exact) mass is 216 g/mol. The summed E-state index contributed by atoms with van der Waals surface area (Å²) in [7, 11) is 0. The molecule has 1 aromatic heterocycles. The molecule has 13 heavy (non-hydrogen) atoms. The molecular formula is C11H17ClS. The van der Waals surface area contributed by atoms with Crippen molar-refractivity contribution >= 4 is 22.9 Å². The number of alkyl halides is 1. The molecule has 0 N–H and O–H groups in total. The zero-order chi connectivity index (χ0) is 9.68. The van der Waals surface area contributed by atoms with E-state index < -0.39 is 0 Å². The molecule has 0 fully saturated rings. The number of halogens is 1. The van der Waals surface area contributed by atoms with Crippen LogP contribution in [0.5, 0.6) is 0 Å². The van der Waals surface area contributed by atoms with Crippen LogP contribution in [-0.4, -0.2) is 5.38 Å². The van der Waals surface area contributed by atoms with E-state index in [-0.39, 0.29) is 0 Å². The summed E-state index contributed by atoms with van der Waals surface area (Å²) in [5, 5.41) is 4.71. The minimum absolute atomic E-state index is 0.346. The van der Waals surface area contributed by atoms with Crippen LogP contribution in [0.15, 0.2) is 16.8 Å². The molecule has 0 saturated heterocycles. The molecule has 1 aromatic rings. The van der Waals surface area contributed by atoms with E-state index in [1.807, 2.05) is 0 Å². The Labute approximate surface area is 89.9 Å². The fourth-order valence-corrected chi connectivity index (χ4v) is 2.24. The molecule has 0 aliphatic rings. The number of hydrogen-bond acceptors (Lipinski definition) is 1. The first-order valence-electron chi connectivity index (χ1n) is 4.89. The van der Waals surface area contributed by atoms with Gasteiger partial charge in [0.1, 0.15) is 0 Å². The van der Waals surface area contributed by atoms with E-state index >= 15 is 0 Å². The summed E-state index contributed by atoms with van der Waals surface area (Å²) < 4.78 is 0. The molecule has 2 heteroatoms. The van der Waals surface area contributed by atoms with Gasteiger partial charge in [-0.3, -0.25) is 0 Å². The van der Waals surface area contributed by atoms with Crippen molar-refractivity contribution in [1.29, 1.82) is 0 Å². The van der Waals surface area contributed by atoms with E-state index in [1.165, 1.54) is 18.4 Å². The van der Waals surface area contributed by atoms with E-state index in [0.29, 0.717) is 11.3 Å². The van der Waals surface area contributed by atoms with Crippen molar-refractivity contribution in [2.45, 2.75) is 38.5 Å². The predicted molar refractivity (Wildman–Crippen MR) is 61.7 cm³/mol. The second-order valence-electron chi connectivity index (χ2n) is 3.57. The summed E-state index contributed by atoms with van der Waals surface area (Å²) in [6.45, 7) is 4.40. The van der Waals surface area contributed by atoms with Crippen molar-refractivity contribution in [1.82, 2.24) is 0 Å². The maximum Gasteiger partial charge on any atom is 0.0359 e. The first kappa shape index (κ1) is 11.1. The highest BCUT2D eigenvalue weighted by Gasteiger charge is 2.11. The molecule has 0 aliphatic carbocycles. The molecule has 1 rings (SSSR count). The van der Waals surface area contributed by atoms with E-state index in [9.17, 15) is 0 Å². The minimum atomic E-state index is 0.346. The van der Waals surface area contributed by atoms with E-state index in [4.69, 9.17) is 11.6 Å². The van der Waals surface area contributed by atoms with Crippen LogP contribution in [-0.2, 0) is 6.42 Å². The molecule has 1 heterocycles. The Morgan fingerprint density at radius 3 is 2.85 bits per heavy atom. The third kappa shape index (κ3) is 3.70. The van der Waals surface area contributed by atoms with Gasteiger partial charge < -0.3 is 0 Å². The van der Waals surface area contributed by atoms with Crippen LogP contribution in [0.4, 0.5) is 0 Å². The van der Waals surface area contributed by atoms with E-state index in [0.717, 1.165) is 6.42 Å². The average Bonchev–Trinajstić information content (AvgIpc) is 2.65. The normalized spacial score (nSPS) is 15.6. The summed E-state index contributed by atoms with van der Waals surface area (Å²) in [6, 6.07) is 2.20. The van der Waals surface area contributed by atoms with Crippen LogP contribution >= 0.6 is 22.9 Å². The van der Waals surface area contributed by atoms with Gasteiger partial charge in [-0.15, -0.1) is 11.6 Å². The Kier molecular flexibility index (Phi) is 4.82. The Morgan fingerprint density at radius 1 is 1.54 bits per heavy atom. The molecule has 74 valence electrons. The van der Waals surface area contributed by atoms with Crippen LogP contribution in [0.1, 0.15) is 32.3 Å². The van der Waals surface area contributed by atoms with Gasteiger partial charge in [-0.2, -0.15) is 11.3 Å². The van der Waals surface area contributed by atoms with Crippen molar-refractivity contribution in [2.24, 2.45) is 5.92 Å². The highest BCUT2D eigenvalue weighted by atomic mass is 35.5. The molecular weight excluding hydrogens is 200 g/mol. The zero-order valence-corrected chi connectivity index (χ0v) is 9.87. The fourth-order valence-electron chi connectivity index (χ4n) is 1.41. The van der Waals surface area contributed by atoms with Gasteiger partial charge in [0.2, 0.25) is 0 Å². The average molecular weight is 217 g/mol. The summed E-state index contributed by atoms with van der Waals surface area (Å²) in [5.74, 6) is 0.631. The van der Waals surface area contributed by atoms with Crippen molar-refractivity contribution in [3.63, 3.8) is 0 Å². The number of thiophene rings is 1. The molecule has 0 saturated carbocycles. The van der Waals surface area contributed by atoms with Crippen molar-refractivity contribution in [3.05, 3.63) is 22.4 Å². The van der Waals surface area contributed by atoms with Crippen molar-refractivity contribution < 1.29 is 0 Å². The highest BCUT2D eigenvalue weighted by Crippen LogP contribution is 2.20. The first-order valence-corrected chi connectivity index (χ1v) is 6.27. The van der Waals surface area contributed by atoms with Crippen molar-refractivity contribution in [3.8, 4) is 0 Å². The molecule has 0 amide bonds. The molecule has 0 bridgehead atoms. The van der Waals surface area contributed by atoms with Gasteiger partial charge in [0.25, 0.3) is 0 Å². The second-order valence-corrected chi connectivity index (χ2v) is 4.91. The van der Waals surface area contributed by atoms with Crippen LogP contribution in [0, 0.1) is 5.92 Å². The lowest BCUT2D eigenvalue weighted by molar-refractivity contribution is 0.494. The Hall–Kier alpha value is -0.0100. The Bertz CT molecular complexity index is 218. The Balaban J connectivity index is 2.26. The van der Waals surface area contributed by atoms with Gasteiger partial charge in [-0.1, -0.05) is 13.8 Å². The zero-order valence-electron chi connectivity index (χ0n) is 8.29. The van der Waals surface area contributed by atoms with E-state index in [1.54, 1.807) is 11.3 Å². The van der Waals surface area contributed by atoms with Crippen LogP contribution in [0.2, 0.25) is 0 Å². The Morgan fingerprint density at radius 2 is 2.31 bits per heavy atom. The van der Waals surface area contributed by atoms with Gasteiger partial charge in [0, 0.05) is 5.38 Å². The van der Waals surface area contributed by atoms with E-state index in [2.05, 4.69) is 30.7 Å². The summed E-state index contributed by atoms with van der Waals surface area (Å²) in [5.41, 5.74) is 1.46. The minimum Gasteiger partial charge on any atom is -0.152 e. The molecule has 0 aliphatic heterocycles. The molecule has 0 radical (unpaired) electrons. The van der Waals surface area contributed by atoms with Crippen LogP contribution in [0.25, 0.3) is 0 Å². The second kappa shape index (κ2) is 5.66. The summed E-state index contributed by atoms with van der Waals surface area (Å²) >= 11 is 7.93. The standard InChI is InChI=1S/C11H17ClS/c1-3-11(12)9(2)4-5-10-6-7-13-8-10/h6-9,11H,3-5H2,1-2H3. The molecule has 2 atom stereocenters. The van der Waals surface area contributed by atoms with Gasteiger partial charge >= 0.3 is 0 Å². The molecule has 0 spiro atoms. The van der Waals surface area contributed by atoms with Gasteiger partial charge in [0.15, 0.2) is 0 Å². The topological polar surface area (TPSA) is 0 Å². The van der Waals surface area contributed by atoms with Gasteiger partial charge in [-0.25, -0.2) is 0 Å². The van der Waals surface area contributed by atoms with Gasteiger partial charge in [0.05, 0.1) is 0 Å². The maximum atomic E-state index is 6.16. The fraction of sp³-hybridized carbons (Fsp3) is 0.636. The largest absolute Gasteiger partial charge is 0.152 e. The number of aryl methyl sites for hydroxylation is 1. The lowest BCUT2D eigenvalue weighted by atomic mass is 9.98. The summed E-state index contributed by atoms with van der Waals surface area (Å²) in [6.07, 6.45) is 3.46. The van der Waals surface area contributed by atoms with Crippen LogP contribution in [0.3, 0.4) is 0 Å². The number of hydrogen-bond donors (Lipinski definition) is 0. The van der Waals surface area contributed by atoms with Gasteiger partial charge in [-0.05, 0) is 47.6 Å². The lowest BCUT2D eigenvalue weighted by Gasteiger charge is -2.15. The lowest BCUT2D eigenvalue weighted by Crippen LogP contribution is -2.10. The maximum absolute atomic E-state index is 6.16.